The van der Waals surface area contributed by atoms with Crippen LogP contribution in [0.1, 0.15) is 25.3 Å². The second-order valence-electron chi connectivity index (χ2n) is 5.08. The summed E-state index contributed by atoms with van der Waals surface area (Å²) >= 11 is 0. The molecule has 0 saturated carbocycles. The lowest BCUT2D eigenvalue weighted by molar-refractivity contribution is 0.128. The van der Waals surface area contributed by atoms with Crippen molar-refractivity contribution >= 4 is 5.96 Å². The van der Waals surface area contributed by atoms with Crippen LogP contribution in [0.4, 0.5) is 0 Å². The Kier molecular flexibility index (Phi) is 6.81. The number of nitrogens with one attached hydrogen (secondary N) is 2. The minimum absolute atomic E-state index is 0.480. The van der Waals surface area contributed by atoms with E-state index in [0.29, 0.717) is 25.8 Å². The Hall–Kier alpha value is -1.81. The average Bonchev–Trinajstić information content (AvgIpc) is 3.01. The zero-order valence-corrected chi connectivity index (χ0v) is 12.7. The highest BCUT2D eigenvalue weighted by Crippen LogP contribution is 2.08. The molecule has 0 aliphatic heterocycles. The third-order valence-electron chi connectivity index (χ3n) is 3.31. The Morgan fingerprint density at radius 2 is 2.00 bits per heavy atom. The molecule has 114 valence electrons. The summed E-state index contributed by atoms with van der Waals surface area (Å²) in [7, 11) is 0. The number of aliphatic imine (C=N–C) groups is 1. The molecule has 4 nitrogen and oxygen atoms in total. The molecule has 2 N–H and O–H groups in total. The van der Waals surface area contributed by atoms with Gasteiger partial charge in [0.25, 0.3) is 0 Å². The molecule has 21 heavy (non-hydrogen) atoms. The van der Waals surface area contributed by atoms with E-state index in [-0.39, 0.29) is 0 Å². The normalized spacial score (nSPS) is 15.4. The van der Waals surface area contributed by atoms with Gasteiger partial charge in [0, 0.05) is 12.6 Å². The largest absolute Gasteiger partial charge is 0.375 e. The Bertz CT molecular complexity index is 448. The fourth-order valence-electron chi connectivity index (χ4n) is 2.23. The molecule has 1 aromatic carbocycles. The molecule has 0 unspecified atom stereocenters. The van der Waals surface area contributed by atoms with E-state index >= 15 is 0 Å². The molecular weight excluding hydrogens is 262 g/mol. The van der Waals surface area contributed by atoms with Crippen molar-refractivity contribution in [2.45, 2.75) is 32.4 Å². The number of hydrogen-bond acceptors (Lipinski definition) is 2. The quantitative estimate of drug-likeness (QED) is 0.350. The van der Waals surface area contributed by atoms with Crippen LogP contribution in [0.15, 0.2) is 47.5 Å². The first-order valence-electron chi connectivity index (χ1n) is 7.70. The van der Waals surface area contributed by atoms with Crippen LogP contribution < -0.4 is 10.6 Å². The minimum atomic E-state index is 0.480. The van der Waals surface area contributed by atoms with Gasteiger partial charge in [-0.1, -0.05) is 42.5 Å². The molecule has 0 atom stereocenters. The van der Waals surface area contributed by atoms with Crippen molar-refractivity contribution in [1.29, 1.82) is 0 Å². The van der Waals surface area contributed by atoms with E-state index < -0.39 is 0 Å². The van der Waals surface area contributed by atoms with Gasteiger partial charge in [-0.05, 0) is 25.3 Å². The SMILES string of the molecule is CCNC(=NCCOCc1ccccc1)NC1CC=CC1. The maximum atomic E-state index is 5.64. The Morgan fingerprint density at radius 1 is 1.24 bits per heavy atom. The van der Waals surface area contributed by atoms with Crippen molar-refractivity contribution in [2.24, 2.45) is 4.99 Å². The molecule has 4 heteroatoms. The van der Waals surface area contributed by atoms with E-state index in [2.05, 4.69) is 46.8 Å². The zero-order chi connectivity index (χ0) is 14.8. The fourth-order valence-corrected chi connectivity index (χ4v) is 2.23. The Morgan fingerprint density at radius 3 is 2.71 bits per heavy atom. The van der Waals surface area contributed by atoms with Crippen LogP contribution in [0.2, 0.25) is 0 Å². The molecule has 0 amide bonds. The van der Waals surface area contributed by atoms with E-state index in [9.17, 15) is 0 Å². The van der Waals surface area contributed by atoms with Crippen LogP contribution >= 0.6 is 0 Å². The molecule has 1 aromatic rings. The summed E-state index contributed by atoms with van der Waals surface area (Å²) in [5.74, 6) is 0.884. The first-order valence-corrected chi connectivity index (χ1v) is 7.70. The van der Waals surface area contributed by atoms with Gasteiger partial charge in [0.15, 0.2) is 5.96 Å². The highest BCUT2D eigenvalue weighted by Gasteiger charge is 2.11. The maximum absolute atomic E-state index is 5.64. The number of benzene rings is 1. The smallest absolute Gasteiger partial charge is 0.191 e. The van der Waals surface area contributed by atoms with Crippen molar-refractivity contribution < 1.29 is 4.74 Å². The van der Waals surface area contributed by atoms with Gasteiger partial charge in [0.1, 0.15) is 0 Å². The topological polar surface area (TPSA) is 45.7 Å². The highest BCUT2D eigenvalue weighted by molar-refractivity contribution is 5.80. The number of ether oxygens (including phenoxy) is 1. The summed E-state index contributed by atoms with van der Waals surface area (Å²) < 4.78 is 5.64. The van der Waals surface area contributed by atoms with Gasteiger partial charge in [0.2, 0.25) is 0 Å². The minimum Gasteiger partial charge on any atom is -0.375 e. The van der Waals surface area contributed by atoms with E-state index in [4.69, 9.17) is 4.74 Å². The molecule has 0 heterocycles. The molecule has 0 saturated heterocycles. The molecule has 1 aliphatic carbocycles. The third-order valence-corrected chi connectivity index (χ3v) is 3.31. The summed E-state index contributed by atoms with van der Waals surface area (Å²) in [6.07, 6.45) is 6.58. The number of rotatable bonds is 7. The second-order valence-corrected chi connectivity index (χ2v) is 5.08. The molecule has 0 spiro atoms. The first-order chi connectivity index (χ1) is 10.4. The van der Waals surface area contributed by atoms with Gasteiger partial charge in [-0.2, -0.15) is 0 Å². The number of nitrogens with zero attached hydrogens (tertiary/aromatic N) is 1. The standard InChI is InChI=1S/C17H25N3O/c1-2-18-17(20-16-10-6-7-11-16)19-12-13-21-14-15-8-4-3-5-9-15/h3-9,16H,2,10-14H2,1H3,(H2,18,19,20). The molecule has 0 radical (unpaired) electrons. The van der Waals surface area contributed by atoms with Crippen molar-refractivity contribution in [1.82, 2.24) is 10.6 Å². The van der Waals surface area contributed by atoms with Crippen molar-refractivity contribution in [3.63, 3.8) is 0 Å². The van der Waals surface area contributed by atoms with Crippen LogP contribution in [-0.2, 0) is 11.3 Å². The van der Waals surface area contributed by atoms with Crippen LogP contribution in [0, 0.1) is 0 Å². The lowest BCUT2D eigenvalue weighted by atomic mass is 10.2. The van der Waals surface area contributed by atoms with Gasteiger partial charge in [-0.3, -0.25) is 4.99 Å². The second kappa shape index (κ2) is 9.19. The van der Waals surface area contributed by atoms with Gasteiger partial charge in [-0.15, -0.1) is 0 Å². The number of hydrogen-bond donors (Lipinski definition) is 2. The summed E-state index contributed by atoms with van der Waals surface area (Å²) in [6, 6.07) is 10.7. The first kappa shape index (κ1) is 15.6. The molecule has 1 aliphatic rings. The predicted octanol–water partition coefficient (Wildman–Crippen LogP) is 2.48. The summed E-state index contributed by atoms with van der Waals surface area (Å²) in [5.41, 5.74) is 1.20. The van der Waals surface area contributed by atoms with Crippen molar-refractivity contribution in [2.75, 3.05) is 19.7 Å². The Balaban J connectivity index is 1.67. The summed E-state index contributed by atoms with van der Waals surface area (Å²) in [6.45, 7) is 4.90. The number of guanidine groups is 1. The van der Waals surface area contributed by atoms with Gasteiger partial charge in [-0.25, -0.2) is 0 Å². The van der Waals surface area contributed by atoms with Crippen LogP contribution in [0.5, 0.6) is 0 Å². The molecular formula is C17H25N3O. The average molecular weight is 287 g/mol. The van der Waals surface area contributed by atoms with E-state index in [1.165, 1.54) is 5.56 Å². The van der Waals surface area contributed by atoms with Crippen molar-refractivity contribution in [3.05, 3.63) is 48.0 Å². The third kappa shape index (κ3) is 6.00. The van der Waals surface area contributed by atoms with E-state index in [1.807, 2.05) is 18.2 Å². The van der Waals surface area contributed by atoms with Crippen molar-refractivity contribution in [3.8, 4) is 0 Å². The predicted molar refractivity (Wildman–Crippen MR) is 87.4 cm³/mol. The van der Waals surface area contributed by atoms with E-state index in [0.717, 1.165) is 25.3 Å². The Labute approximate surface area is 127 Å². The monoisotopic (exact) mass is 287 g/mol. The van der Waals surface area contributed by atoms with E-state index in [1.54, 1.807) is 0 Å². The molecule has 2 rings (SSSR count). The van der Waals surface area contributed by atoms with Crippen LogP contribution in [-0.4, -0.2) is 31.7 Å². The van der Waals surface area contributed by atoms with Crippen LogP contribution in [0.25, 0.3) is 0 Å². The zero-order valence-electron chi connectivity index (χ0n) is 12.7. The maximum Gasteiger partial charge on any atom is 0.191 e. The molecule has 0 fully saturated rings. The summed E-state index contributed by atoms with van der Waals surface area (Å²) in [5, 5.41) is 6.72. The lowest BCUT2D eigenvalue weighted by Gasteiger charge is -2.16. The van der Waals surface area contributed by atoms with Gasteiger partial charge < -0.3 is 15.4 Å². The lowest BCUT2D eigenvalue weighted by Crippen LogP contribution is -2.42. The molecule has 0 aromatic heterocycles. The van der Waals surface area contributed by atoms with Crippen LogP contribution in [0.3, 0.4) is 0 Å². The highest BCUT2D eigenvalue weighted by atomic mass is 16.5. The molecule has 0 bridgehead atoms. The summed E-state index contributed by atoms with van der Waals surface area (Å²) in [4.78, 5) is 4.55. The fraction of sp³-hybridized carbons (Fsp3) is 0.471. The van der Waals surface area contributed by atoms with Gasteiger partial charge in [0.05, 0.1) is 19.8 Å². The van der Waals surface area contributed by atoms with Gasteiger partial charge >= 0.3 is 0 Å².